The van der Waals surface area contributed by atoms with Gasteiger partial charge in [0.2, 0.25) is 0 Å². The standard InChI is InChI=1S/C12H24N2O4/c1-4-18-11(15)9(2)14-8-6-5-7-10(13)12(16)17-3/h9-10,14H,4-8,13H2,1-3H3/t9?,10-/m1/s1/i5D2,6D2. The summed E-state index contributed by atoms with van der Waals surface area (Å²) in [5, 5.41) is 2.58. The normalized spacial score (nSPS) is 18.7. The highest BCUT2D eigenvalue weighted by Crippen LogP contribution is 2.00. The van der Waals surface area contributed by atoms with Gasteiger partial charge in [0, 0.05) is 5.48 Å². The maximum absolute atomic E-state index is 11.4. The number of esters is 2. The van der Waals surface area contributed by atoms with Gasteiger partial charge in [0.1, 0.15) is 12.1 Å². The van der Waals surface area contributed by atoms with Gasteiger partial charge in [-0.25, -0.2) is 0 Å². The van der Waals surface area contributed by atoms with E-state index < -0.39 is 49.7 Å². The topological polar surface area (TPSA) is 90.6 Å². The molecule has 0 amide bonds. The molecule has 0 aromatic carbocycles. The Labute approximate surface area is 114 Å². The molecular weight excluding hydrogens is 236 g/mol. The minimum Gasteiger partial charge on any atom is -0.468 e. The lowest BCUT2D eigenvalue weighted by Crippen LogP contribution is -2.36. The molecule has 3 N–H and O–H groups in total. The highest BCUT2D eigenvalue weighted by Gasteiger charge is 2.14. The van der Waals surface area contributed by atoms with Gasteiger partial charge >= 0.3 is 11.9 Å². The molecule has 0 heterocycles. The van der Waals surface area contributed by atoms with Crippen molar-refractivity contribution in [2.24, 2.45) is 5.73 Å². The highest BCUT2D eigenvalue weighted by molar-refractivity contribution is 5.75. The zero-order valence-electron chi connectivity index (χ0n) is 15.0. The lowest BCUT2D eigenvalue weighted by Gasteiger charge is -2.13. The third kappa shape index (κ3) is 7.24. The van der Waals surface area contributed by atoms with E-state index in [0.717, 1.165) is 7.11 Å². The number of carbonyl (C=O) groups excluding carboxylic acids is 2. The number of methoxy groups -OCH3 is 1. The van der Waals surface area contributed by atoms with E-state index in [9.17, 15) is 9.59 Å². The van der Waals surface area contributed by atoms with Crippen LogP contribution in [0.3, 0.4) is 0 Å². The molecule has 0 spiro atoms. The quantitative estimate of drug-likeness (QED) is 0.578. The number of carbonyl (C=O) groups is 2. The molecule has 106 valence electrons. The van der Waals surface area contributed by atoms with Crippen molar-refractivity contribution in [2.45, 2.75) is 45.1 Å². The van der Waals surface area contributed by atoms with Crippen molar-refractivity contribution in [3.05, 3.63) is 0 Å². The average molecular weight is 264 g/mol. The lowest BCUT2D eigenvalue weighted by molar-refractivity contribution is -0.145. The molecule has 0 aliphatic carbocycles. The molecule has 0 bridgehead atoms. The fourth-order valence-electron chi connectivity index (χ4n) is 1.03. The SMILES string of the molecule is [2H]C([2H])(CNC(C)C(=O)OCC)C([2H])([2H])C[C@@H](N)C(=O)OC. The Hall–Kier alpha value is -1.14. The molecule has 0 aromatic heterocycles. The monoisotopic (exact) mass is 264 g/mol. The van der Waals surface area contributed by atoms with Gasteiger partial charge in [-0.3, -0.25) is 9.59 Å². The van der Waals surface area contributed by atoms with Gasteiger partial charge < -0.3 is 20.5 Å². The zero-order chi connectivity index (χ0) is 17.6. The van der Waals surface area contributed by atoms with Crippen LogP contribution in [-0.4, -0.2) is 44.3 Å². The van der Waals surface area contributed by atoms with Gasteiger partial charge in [0.25, 0.3) is 0 Å². The summed E-state index contributed by atoms with van der Waals surface area (Å²) in [7, 11) is 1.12. The molecule has 0 aliphatic heterocycles. The highest BCUT2D eigenvalue weighted by atomic mass is 16.5. The van der Waals surface area contributed by atoms with Crippen molar-refractivity contribution in [3.63, 3.8) is 0 Å². The summed E-state index contributed by atoms with van der Waals surface area (Å²) < 4.78 is 40.4. The van der Waals surface area contributed by atoms with Crippen LogP contribution in [0.5, 0.6) is 0 Å². The number of ether oxygens (including phenoxy) is 2. The van der Waals surface area contributed by atoms with E-state index >= 15 is 0 Å². The predicted molar refractivity (Wildman–Crippen MR) is 67.9 cm³/mol. The summed E-state index contributed by atoms with van der Waals surface area (Å²) >= 11 is 0. The Morgan fingerprint density at radius 3 is 2.61 bits per heavy atom. The number of hydrogen-bond donors (Lipinski definition) is 2. The molecule has 0 rings (SSSR count). The summed E-state index contributed by atoms with van der Waals surface area (Å²) in [5.41, 5.74) is 5.48. The summed E-state index contributed by atoms with van der Waals surface area (Å²) in [4.78, 5) is 22.7. The smallest absolute Gasteiger partial charge is 0.322 e. The van der Waals surface area contributed by atoms with Gasteiger partial charge in [-0.1, -0.05) is 6.37 Å². The fourth-order valence-corrected chi connectivity index (χ4v) is 1.03. The molecule has 0 radical (unpaired) electrons. The maximum Gasteiger partial charge on any atom is 0.322 e. The molecule has 6 nitrogen and oxygen atoms in total. The second kappa shape index (κ2) is 9.85. The van der Waals surface area contributed by atoms with Crippen LogP contribution in [0.2, 0.25) is 0 Å². The van der Waals surface area contributed by atoms with E-state index in [1.165, 1.54) is 6.92 Å². The van der Waals surface area contributed by atoms with Crippen molar-refractivity contribution >= 4 is 11.9 Å². The molecule has 0 aliphatic rings. The molecule has 18 heavy (non-hydrogen) atoms. The molecule has 0 saturated heterocycles. The first-order chi connectivity index (χ1) is 9.98. The van der Waals surface area contributed by atoms with E-state index in [2.05, 4.69) is 10.1 Å². The molecule has 0 saturated carbocycles. The number of nitrogens with two attached hydrogens (primary N) is 1. The second-order valence-electron chi connectivity index (χ2n) is 3.54. The minimum absolute atomic E-state index is 0.201. The largest absolute Gasteiger partial charge is 0.468 e. The number of nitrogens with one attached hydrogen (secondary N) is 1. The molecule has 0 fully saturated rings. The van der Waals surface area contributed by atoms with Crippen LogP contribution in [-0.2, 0) is 19.1 Å². The average Bonchev–Trinajstić information content (AvgIpc) is 2.43. The van der Waals surface area contributed by atoms with Crippen LogP contribution in [0.25, 0.3) is 0 Å². The van der Waals surface area contributed by atoms with E-state index in [0.29, 0.717) is 0 Å². The molecule has 1 unspecified atom stereocenters. The van der Waals surface area contributed by atoms with E-state index in [1.54, 1.807) is 6.92 Å². The van der Waals surface area contributed by atoms with Crippen molar-refractivity contribution in [1.29, 1.82) is 0 Å². The molecule has 0 aromatic rings. The molecule has 2 atom stereocenters. The van der Waals surface area contributed by atoms with Crippen LogP contribution >= 0.6 is 0 Å². The van der Waals surface area contributed by atoms with Crippen LogP contribution < -0.4 is 11.1 Å². The van der Waals surface area contributed by atoms with Gasteiger partial charge in [-0.2, -0.15) is 0 Å². The van der Waals surface area contributed by atoms with Crippen LogP contribution in [0, 0.1) is 0 Å². The molecule has 6 heteroatoms. The zero-order valence-corrected chi connectivity index (χ0v) is 11.0. The Balaban J connectivity index is 4.69. The Morgan fingerprint density at radius 1 is 1.39 bits per heavy atom. The van der Waals surface area contributed by atoms with Gasteiger partial charge in [-0.15, -0.1) is 0 Å². The Kier molecular flexibility index (Phi) is 5.88. The van der Waals surface area contributed by atoms with Crippen molar-refractivity contribution in [2.75, 3.05) is 20.3 Å². The fraction of sp³-hybridized carbons (Fsp3) is 0.833. The number of rotatable bonds is 9. The Bertz CT molecular complexity index is 393. The summed E-state index contributed by atoms with van der Waals surface area (Å²) in [6.45, 7) is 2.90. The predicted octanol–water partition coefficient (Wildman–Crippen LogP) is 0.198. The first-order valence-electron chi connectivity index (χ1n) is 7.72. The lowest BCUT2D eigenvalue weighted by atomic mass is 10.1. The maximum atomic E-state index is 11.4. The third-order valence-electron chi connectivity index (χ3n) is 2.09. The van der Waals surface area contributed by atoms with E-state index in [1.807, 2.05) is 0 Å². The summed E-state index contributed by atoms with van der Waals surface area (Å²) in [5.74, 6) is -1.36. The molecular formula is C12H24N2O4. The van der Waals surface area contributed by atoms with Crippen LogP contribution in [0.4, 0.5) is 0 Å². The number of hydrogen-bond acceptors (Lipinski definition) is 6. The minimum atomic E-state index is -2.39. The van der Waals surface area contributed by atoms with E-state index in [-0.39, 0.29) is 6.61 Å². The van der Waals surface area contributed by atoms with Crippen LogP contribution in [0.15, 0.2) is 0 Å². The summed E-state index contributed by atoms with van der Waals surface area (Å²) in [6, 6.07) is -2.04. The Morgan fingerprint density at radius 2 is 2.06 bits per heavy atom. The van der Waals surface area contributed by atoms with Gasteiger partial charge in [-0.05, 0) is 33.2 Å². The van der Waals surface area contributed by atoms with Gasteiger partial charge in [0.15, 0.2) is 0 Å². The second-order valence-corrected chi connectivity index (χ2v) is 3.54. The summed E-state index contributed by atoms with van der Waals surface area (Å²) in [6.07, 6.45) is -5.27. The van der Waals surface area contributed by atoms with Crippen molar-refractivity contribution < 1.29 is 24.5 Å². The van der Waals surface area contributed by atoms with Crippen LogP contribution in [0.1, 0.15) is 38.5 Å². The van der Waals surface area contributed by atoms with E-state index in [4.69, 9.17) is 16.0 Å². The first kappa shape index (κ1) is 10.8. The third-order valence-corrected chi connectivity index (χ3v) is 2.09. The first-order valence-corrected chi connectivity index (χ1v) is 5.72. The van der Waals surface area contributed by atoms with Gasteiger partial charge in [0.05, 0.1) is 13.7 Å². The van der Waals surface area contributed by atoms with Crippen molar-refractivity contribution in [1.82, 2.24) is 5.32 Å². The van der Waals surface area contributed by atoms with Crippen molar-refractivity contribution in [3.8, 4) is 0 Å².